The minimum absolute atomic E-state index is 0.0818. The van der Waals surface area contributed by atoms with E-state index in [0.29, 0.717) is 16.9 Å². The number of carboxylic acid groups (broad SMARTS) is 1. The van der Waals surface area contributed by atoms with E-state index in [9.17, 15) is 14.4 Å². The highest BCUT2D eigenvalue weighted by molar-refractivity contribution is 6.02. The molecule has 1 aliphatic heterocycles. The van der Waals surface area contributed by atoms with Gasteiger partial charge in [0.05, 0.1) is 5.92 Å². The number of imide groups is 1. The third-order valence-corrected chi connectivity index (χ3v) is 6.55. The molecule has 5 rings (SSSR count). The molecule has 1 unspecified atom stereocenters. The molecule has 0 aromatic heterocycles. The van der Waals surface area contributed by atoms with Gasteiger partial charge in [0.25, 0.3) is 11.8 Å². The highest BCUT2D eigenvalue weighted by Gasteiger charge is 2.51. The van der Waals surface area contributed by atoms with Crippen LogP contribution in [0.25, 0.3) is 0 Å². The van der Waals surface area contributed by atoms with Crippen molar-refractivity contribution in [2.45, 2.75) is 57.8 Å². The maximum atomic E-state index is 12.2. The van der Waals surface area contributed by atoms with Crippen molar-refractivity contribution in [3.63, 3.8) is 0 Å². The van der Waals surface area contributed by atoms with Crippen LogP contribution in [0.4, 0.5) is 4.79 Å². The second-order valence-corrected chi connectivity index (χ2v) is 8.24. The normalized spacial score (nSPS) is 41.7. The molecule has 5 aliphatic rings. The molecule has 4 bridgehead atoms. The molecule has 1 saturated heterocycles. The van der Waals surface area contributed by atoms with Gasteiger partial charge in [0, 0.05) is 6.42 Å². The topological polar surface area (TPSA) is 83.9 Å². The van der Waals surface area contributed by atoms with Crippen molar-refractivity contribution in [3.05, 3.63) is 0 Å². The lowest BCUT2D eigenvalue weighted by atomic mass is 9.48. The molecule has 0 aromatic rings. The van der Waals surface area contributed by atoms with Gasteiger partial charge in [0.1, 0.15) is 0 Å². The van der Waals surface area contributed by atoms with Gasteiger partial charge in [-0.15, -0.1) is 0 Å². The van der Waals surface area contributed by atoms with Crippen LogP contribution in [0.15, 0.2) is 0 Å². The molecule has 0 aromatic carbocycles. The van der Waals surface area contributed by atoms with Crippen LogP contribution >= 0.6 is 0 Å². The summed E-state index contributed by atoms with van der Waals surface area (Å²) in [5.74, 6) is 1.18. The summed E-state index contributed by atoms with van der Waals surface area (Å²) in [4.78, 5) is 38.8. The molecule has 6 heteroatoms. The number of nitrogens with zero attached hydrogens (tertiary/aromatic N) is 1. The zero-order valence-electron chi connectivity index (χ0n) is 13.2. The largest absolute Gasteiger partial charge is 0.531 e. The van der Waals surface area contributed by atoms with Crippen LogP contribution in [-0.4, -0.2) is 28.1 Å². The van der Waals surface area contributed by atoms with Crippen LogP contribution in [0.3, 0.4) is 0 Å². The Kier molecular flexibility index (Phi) is 3.39. The van der Waals surface area contributed by atoms with Gasteiger partial charge in [-0.2, -0.15) is 0 Å². The van der Waals surface area contributed by atoms with Crippen molar-refractivity contribution in [3.8, 4) is 0 Å². The molecule has 6 nitrogen and oxygen atoms in total. The van der Waals surface area contributed by atoms with Crippen molar-refractivity contribution in [1.29, 1.82) is 0 Å². The van der Waals surface area contributed by atoms with Gasteiger partial charge in [-0.05, 0) is 74.5 Å². The van der Waals surface area contributed by atoms with Crippen LogP contribution in [0, 0.1) is 29.1 Å². The Labute approximate surface area is 135 Å². The van der Waals surface area contributed by atoms with E-state index >= 15 is 0 Å². The third-order valence-electron chi connectivity index (χ3n) is 6.55. The zero-order valence-corrected chi connectivity index (χ0v) is 13.2. The Bertz CT molecular complexity index is 522. The number of amides is 2. The fraction of sp³-hybridized carbons (Fsp3) is 0.824. The molecule has 1 heterocycles. The van der Waals surface area contributed by atoms with Gasteiger partial charge >= 0.3 is 6.16 Å². The van der Waals surface area contributed by atoms with Gasteiger partial charge in [-0.25, -0.2) is 4.79 Å². The Balaban J connectivity index is 1.39. The predicted octanol–water partition coefficient (Wildman–Crippen LogP) is 2.97. The number of hydrogen-bond donors (Lipinski definition) is 1. The van der Waals surface area contributed by atoms with Crippen LogP contribution < -0.4 is 0 Å². The second-order valence-electron chi connectivity index (χ2n) is 8.24. The molecular weight excluding hydrogens is 298 g/mol. The molecule has 1 N–H and O–H groups in total. The van der Waals surface area contributed by atoms with E-state index in [1.165, 1.54) is 38.5 Å². The molecule has 4 saturated carbocycles. The van der Waals surface area contributed by atoms with Crippen molar-refractivity contribution in [2.24, 2.45) is 29.1 Å². The van der Waals surface area contributed by atoms with Gasteiger partial charge in [-0.1, -0.05) is 5.06 Å². The first kappa shape index (κ1) is 15.0. The Hall–Kier alpha value is -1.59. The Morgan fingerprint density at radius 1 is 1.13 bits per heavy atom. The van der Waals surface area contributed by atoms with Crippen LogP contribution in [0.2, 0.25) is 0 Å². The fourth-order valence-electron chi connectivity index (χ4n) is 6.15. The fourth-order valence-corrected chi connectivity index (χ4v) is 6.15. The van der Waals surface area contributed by atoms with E-state index < -0.39 is 23.9 Å². The van der Waals surface area contributed by atoms with Gasteiger partial charge in [0.2, 0.25) is 0 Å². The lowest BCUT2D eigenvalue weighted by Gasteiger charge is -2.57. The standard InChI is InChI=1S/C17H23NO5/c19-14-6-13(15(20)18(14)23-16(21)22)1-2-17-7-10-3-11(8-17)5-12(4-10)9-17/h10-13H,1-9H2,(H,21,22). The summed E-state index contributed by atoms with van der Waals surface area (Å²) in [6, 6.07) is 0. The summed E-state index contributed by atoms with van der Waals surface area (Å²) in [7, 11) is 0. The summed E-state index contributed by atoms with van der Waals surface area (Å²) in [5.41, 5.74) is 0.374. The summed E-state index contributed by atoms with van der Waals surface area (Å²) >= 11 is 0. The summed E-state index contributed by atoms with van der Waals surface area (Å²) in [6.45, 7) is 0. The van der Waals surface area contributed by atoms with E-state index in [-0.39, 0.29) is 6.42 Å². The number of carbonyl (C=O) groups is 3. The average molecular weight is 321 g/mol. The molecule has 23 heavy (non-hydrogen) atoms. The van der Waals surface area contributed by atoms with Crippen molar-refractivity contribution >= 4 is 18.0 Å². The van der Waals surface area contributed by atoms with Gasteiger partial charge in [0.15, 0.2) is 0 Å². The Morgan fingerprint density at radius 3 is 2.22 bits per heavy atom. The number of rotatable bonds is 4. The number of carbonyl (C=O) groups excluding carboxylic acids is 2. The lowest BCUT2D eigenvalue weighted by Crippen LogP contribution is -2.46. The molecule has 4 aliphatic carbocycles. The number of hydrogen-bond acceptors (Lipinski definition) is 4. The molecule has 1 atom stereocenters. The SMILES string of the molecule is O=C(O)ON1C(=O)CC(CCC23CC4CC(CC(C4)C2)C3)C1=O. The minimum Gasteiger partial charge on any atom is -0.448 e. The molecule has 0 spiro atoms. The van der Waals surface area contributed by atoms with Crippen molar-refractivity contribution in [1.82, 2.24) is 5.06 Å². The Morgan fingerprint density at radius 2 is 1.70 bits per heavy atom. The highest BCUT2D eigenvalue weighted by atomic mass is 16.8. The van der Waals surface area contributed by atoms with Crippen LogP contribution in [0.1, 0.15) is 57.8 Å². The molecule has 126 valence electrons. The quantitative estimate of drug-likeness (QED) is 0.805. The zero-order chi connectivity index (χ0) is 16.2. The predicted molar refractivity (Wildman–Crippen MR) is 78.9 cm³/mol. The van der Waals surface area contributed by atoms with E-state index in [1.807, 2.05) is 0 Å². The van der Waals surface area contributed by atoms with E-state index in [4.69, 9.17) is 5.11 Å². The first-order valence-corrected chi connectivity index (χ1v) is 8.72. The first-order chi connectivity index (χ1) is 10.9. The summed E-state index contributed by atoms with van der Waals surface area (Å²) in [6.07, 6.45) is 8.14. The van der Waals surface area contributed by atoms with E-state index in [2.05, 4.69) is 4.84 Å². The van der Waals surface area contributed by atoms with Crippen LogP contribution in [0.5, 0.6) is 0 Å². The van der Waals surface area contributed by atoms with E-state index in [0.717, 1.165) is 24.2 Å². The highest BCUT2D eigenvalue weighted by Crippen LogP contribution is 2.61. The molecule has 0 radical (unpaired) electrons. The maximum Gasteiger partial charge on any atom is 0.531 e. The summed E-state index contributed by atoms with van der Waals surface area (Å²) < 4.78 is 0. The smallest absolute Gasteiger partial charge is 0.448 e. The minimum atomic E-state index is -1.62. The van der Waals surface area contributed by atoms with Crippen molar-refractivity contribution < 1.29 is 24.3 Å². The molecule has 2 amide bonds. The lowest BCUT2D eigenvalue weighted by molar-refractivity contribution is -0.176. The maximum absolute atomic E-state index is 12.2. The van der Waals surface area contributed by atoms with E-state index in [1.54, 1.807) is 0 Å². The first-order valence-electron chi connectivity index (χ1n) is 8.72. The van der Waals surface area contributed by atoms with Gasteiger partial charge in [-0.3, -0.25) is 14.4 Å². The summed E-state index contributed by atoms with van der Waals surface area (Å²) in [5, 5.41) is 9.05. The van der Waals surface area contributed by atoms with Crippen LogP contribution in [-0.2, 0) is 14.4 Å². The third kappa shape index (κ3) is 2.62. The molecule has 5 fully saturated rings. The monoisotopic (exact) mass is 321 g/mol. The average Bonchev–Trinajstić information content (AvgIpc) is 2.71. The second kappa shape index (κ2) is 5.21. The van der Waals surface area contributed by atoms with Crippen molar-refractivity contribution in [2.75, 3.05) is 0 Å². The van der Waals surface area contributed by atoms with Gasteiger partial charge < -0.3 is 5.11 Å². The number of hydroxylamine groups is 2. The molecular formula is C17H23NO5.